The second-order valence-electron chi connectivity index (χ2n) is 7.12. The van der Waals surface area contributed by atoms with Crippen molar-refractivity contribution in [2.24, 2.45) is 0 Å². The minimum atomic E-state index is -0.286. The lowest BCUT2D eigenvalue weighted by molar-refractivity contribution is -0.118. The predicted molar refractivity (Wildman–Crippen MR) is 136 cm³/mol. The number of hydrogen-bond acceptors (Lipinski definition) is 5. The number of rotatable bonds is 9. The monoisotopic (exact) mass is 532 g/mol. The Bertz CT molecular complexity index is 1270. The van der Waals surface area contributed by atoms with Crippen LogP contribution in [0.1, 0.15) is 11.4 Å². The van der Waals surface area contributed by atoms with Gasteiger partial charge in [-0.25, -0.2) is 4.39 Å². The number of benzene rings is 3. The van der Waals surface area contributed by atoms with Crippen molar-refractivity contribution in [1.29, 1.82) is 0 Å². The summed E-state index contributed by atoms with van der Waals surface area (Å²) < 4.78 is 15.0. The topological polar surface area (TPSA) is 59.8 Å². The van der Waals surface area contributed by atoms with Crippen LogP contribution >= 0.6 is 46.7 Å². The molecular formula is C24H19Cl2FN4OS2. The summed E-state index contributed by atoms with van der Waals surface area (Å²) in [7, 11) is 0. The van der Waals surface area contributed by atoms with Crippen LogP contribution in [-0.2, 0) is 17.1 Å². The molecule has 0 unspecified atom stereocenters. The van der Waals surface area contributed by atoms with Crippen LogP contribution in [0.3, 0.4) is 0 Å². The van der Waals surface area contributed by atoms with E-state index >= 15 is 0 Å². The molecule has 5 nitrogen and oxygen atoms in total. The molecule has 1 amide bonds. The van der Waals surface area contributed by atoms with E-state index in [-0.39, 0.29) is 24.0 Å². The Morgan fingerprint density at radius 3 is 2.50 bits per heavy atom. The first-order valence-corrected chi connectivity index (χ1v) is 12.9. The lowest BCUT2D eigenvalue weighted by Gasteiger charge is -2.13. The Morgan fingerprint density at radius 2 is 1.74 bits per heavy atom. The molecule has 1 aromatic heterocycles. The van der Waals surface area contributed by atoms with Crippen LogP contribution in [0.2, 0.25) is 10.0 Å². The maximum atomic E-state index is 13.2. The van der Waals surface area contributed by atoms with Crippen LogP contribution in [0, 0.1) is 5.82 Å². The number of hydrogen-bond donors (Lipinski definition) is 1. The zero-order valence-corrected chi connectivity index (χ0v) is 20.9. The number of carbonyl (C=O) groups excluding carboxylic acids is 1. The lowest BCUT2D eigenvalue weighted by atomic mass is 10.2. The SMILES string of the molecule is O=C(CSc1ccccc1)NCc1nnc(SCc2ccc(F)cc2)n1-c1cc(Cl)ccc1Cl. The number of thioether (sulfide) groups is 2. The second kappa shape index (κ2) is 11.8. The van der Waals surface area contributed by atoms with Crippen molar-refractivity contribution >= 4 is 52.6 Å². The van der Waals surface area contributed by atoms with Crippen LogP contribution in [-0.4, -0.2) is 26.4 Å². The third-order valence-electron chi connectivity index (χ3n) is 4.69. The van der Waals surface area contributed by atoms with Crippen LogP contribution in [0.4, 0.5) is 4.39 Å². The quantitative estimate of drug-likeness (QED) is 0.252. The summed E-state index contributed by atoms with van der Waals surface area (Å²) in [5.74, 6) is 0.940. The van der Waals surface area contributed by atoms with Gasteiger partial charge in [-0.2, -0.15) is 0 Å². The Morgan fingerprint density at radius 1 is 0.971 bits per heavy atom. The molecule has 0 saturated heterocycles. The first-order chi connectivity index (χ1) is 16.5. The number of nitrogens with one attached hydrogen (secondary N) is 1. The summed E-state index contributed by atoms with van der Waals surface area (Å²) in [5.41, 5.74) is 1.55. The fraction of sp³-hybridized carbons (Fsp3) is 0.125. The van der Waals surface area contributed by atoms with Crippen LogP contribution in [0.5, 0.6) is 0 Å². The van der Waals surface area contributed by atoms with Crippen molar-refractivity contribution in [3.63, 3.8) is 0 Å². The molecule has 0 saturated carbocycles. The Labute approximate surface area is 215 Å². The van der Waals surface area contributed by atoms with E-state index in [1.54, 1.807) is 34.9 Å². The third kappa shape index (κ3) is 6.54. The highest BCUT2D eigenvalue weighted by Gasteiger charge is 2.18. The van der Waals surface area contributed by atoms with Gasteiger partial charge in [0.15, 0.2) is 11.0 Å². The van der Waals surface area contributed by atoms with E-state index in [0.29, 0.717) is 32.5 Å². The molecule has 0 spiro atoms. The summed E-state index contributed by atoms with van der Waals surface area (Å²) in [6, 6.07) is 21.1. The maximum absolute atomic E-state index is 13.2. The molecule has 1 N–H and O–H groups in total. The fourth-order valence-electron chi connectivity index (χ4n) is 3.03. The molecular weight excluding hydrogens is 514 g/mol. The van der Waals surface area contributed by atoms with Gasteiger partial charge in [0.05, 0.1) is 23.0 Å². The minimum absolute atomic E-state index is 0.124. The largest absolute Gasteiger partial charge is 0.348 e. The minimum Gasteiger partial charge on any atom is -0.348 e. The molecule has 0 bridgehead atoms. The van der Waals surface area contributed by atoms with Gasteiger partial charge in [0.1, 0.15) is 5.82 Å². The van der Waals surface area contributed by atoms with Crippen LogP contribution in [0.15, 0.2) is 82.8 Å². The number of nitrogens with zero attached hydrogens (tertiary/aromatic N) is 3. The van der Waals surface area contributed by atoms with Crippen molar-refractivity contribution in [3.05, 3.63) is 100 Å². The summed E-state index contributed by atoms with van der Waals surface area (Å²) in [4.78, 5) is 13.5. The highest BCUT2D eigenvalue weighted by atomic mass is 35.5. The van der Waals surface area contributed by atoms with E-state index < -0.39 is 0 Å². The first-order valence-electron chi connectivity index (χ1n) is 10.2. The Kier molecular flexibility index (Phi) is 8.50. The van der Waals surface area contributed by atoms with Gasteiger partial charge in [-0.05, 0) is 48.0 Å². The predicted octanol–water partition coefficient (Wildman–Crippen LogP) is 6.41. The summed E-state index contributed by atoms with van der Waals surface area (Å²) in [5, 5.41) is 13.1. The van der Waals surface area contributed by atoms with Gasteiger partial charge in [0.2, 0.25) is 5.91 Å². The standard InChI is InChI=1S/C24H19Cl2FN4OS2/c25-17-8-11-20(26)21(12-17)31-22(13-28-23(32)15-33-19-4-2-1-3-5-19)29-30-24(31)34-14-16-6-9-18(27)10-7-16/h1-12H,13-15H2,(H,28,32). The lowest BCUT2D eigenvalue weighted by Crippen LogP contribution is -2.26. The van der Waals surface area contributed by atoms with Crippen LogP contribution in [0.25, 0.3) is 5.69 Å². The van der Waals surface area contributed by atoms with E-state index in [2.05, 4.69) is 15.5 Å². The van der Waals surface area contributed by atoms with Crippen LogP contribution < -0.4 is 5.32 Å². The molecule has 0 atom stereocenters. The summed E-state index contributed by atoms with van der Waals surface area (Å²) >= 11 is 15.6. The molecule has 0 fully saturated rings. The molecule has 174 valence electrons. The molecule has 4 aromatic rings. The van der Waals surface area contributed by atoms with Crippen molar-refractivity contribution in [2.45, 2.75) is 22.3 Å². The van der Waals surface area contributed by atoms with Crippen molar-refractivity contribution in [3.8, 4) is 5.69 Å². The normalized spacial score (nSPS) is 10.9. The molecule has 0 radical (unpaired) electrons. The van der Waals surface area contributed by atoms with Crippen molar-refractivity contribution in [2.75, 3.05) is 5.75 Å². The molecule has 10 heteroatoms. The number of amides is 1. The zero-order chi connectivity index (χ0) is 23.9. The first kappa shape index (κ1) is 24.6. The molecule has 0 aliphatic heterocycles. The molecule has 0 aliphatic carbocycles. The van der Waals surface area contributed by atoms with Gasteiger partial charge in [0, 0.05) is 15.7 Å². The van der Waals surface area contributed by atoms with Gasteiger partial charge < -0.3 is 5.32 Å². The van der Waals surface area contributed by atoms with E-state index in [4.69, 9.17) is 23.2 Å². The Balaban J connectivity index is 1.51. The number of halogens is 3. The molecule has 1 heterocycles. The number of carbonyl (C=O) groups is 1. The van der Waals surface area contributed by atoms with Crippen molar-refractivity contribution in [1.82, 2.24) is 20.1 Å². The highest BCUT2D eigenvalue weighted by molar-refractivity contribution is 8.00. The second-order valence-corrected chi connectivity index (χ2v) is 9.96. The summed E-state index contributed by atoms with van der Waals surface area (Å²) in [6.07, 6.45) is 0. The van der Waals surface area contributed by atoms with Gasteiger partial charge in [-0.3, -0.25) is 9.36 Å². The van der Waals surface area contributed by atoms with E-state index in [1.165, 1.54) is 35.7 Å². The molecule has 4 rings (SSSR count). The number of aromatic nitrogens is 3. The Hall–Kier alpha value is -2.52. The molecule has 0 aliphatic rings. The van der Waals surface area contributed by atoms with Crippen molar-refractivity contribution < 1.29 is 9.18 Å². The average Bonchev–Trinajstić information content (AvgIpc) is 3.25. The molecule has 3 aromatic carbocycles. The van der Waals surface area contributed by atoms with Gasteiger partial charge >= 0.3 is 0 Å². The maximum Gasteiger partial charge on any atom is 0.230 e. The fourth-order valence-corrected chi connectivity index (χ4v) is 5.07. The van der Waals surface area contributed by atoms with E-state index in [1.807, 2.05) is 30.3 Å². The summed E-state index contributed by atoms with van der Waals surface area (Å²) in [6.45, 7) is 0.168. The smallest absolute Gasteiger partial charge is 0.230 e. The van der Waals surface area contributed by atoms with Gasteiger partial charge in [-0.1, -0.05) is 65.3 Å². The van der Waals surface area contributed by atoms with Gasteiger partial charge in [0.25, 0.3) is 0 Å². The molecule has 34 heavy (non-hydrogen) atoms. The average molecular weight is 533 g/mol. The third-order valence-corrected chi connectivity index (χ3v) is 7.25. The van der Waals surface area contributed by atoms with E-state index in [9.17, 15) is 9.18 Å². The zero-order valence-electron chi connectivity index (χ0n) is 17.7. The van der Waals surface area contributed by atoms with E-state index in [0.717, 1.165) is 10.5 Å². The van der Waals surface area contributed by atoms with Gasteiger partial charge in [-0.15, -0.1) is 22.0 Å². The highest BCUT2D eigenvalue weighted by Crippen LogP contribution is 2.31.